The second-order valence-electron chi connectivity index (χ2n) is 6.97. The molecule has 134 valence electrons. The number of aromatic nitrogens is 2. The first-order valence-corrected chi connectivity index (χ1v) is 9.48. The molecule has 0 aliphatic heterocycles. The number of carbonyl (C=O) groups is 1. The van der Waals surface area contributed by atoms with Gasteiger partial charge in [-0.25, -0.2) is 0 Å². The van der Waals surface area contributed by atoms with Crippen LogP contribution in [0.3, 0.4) is 0 Å². The van der Waals surface area contributed by atoms with Crippen molar-refractivity contribution in [1.29, 1.82) is 0 Å². The molecule has 5 nitrogen and oxygen atoms in total. The van der Waals surface area contributed by atoms with E-state index in [0.29, 0.717) is 41.5 Å². The monoisotopic (exact) mass is 359 g/mol. The third-order valence-corrected chi connectivity index (χ3v) is 5.46. The summed E-state index contributed by atoms with van der Waals surface area (Å²) in [5.74, 6) is 0.622. The summed E-state index contributed by atoms with van der Waals surface area (Å²) in [6.45, 7) is 2.66. The van der Waals surface area contributed by atoms with Gasteiger partial charge in [0.05, 0.1) is 10.9 Å². The average molecular weight is 359 g/mol. The van der Waals surface area contributed by atoms with Crippen LogP contribution >= 0.6 is 12.2 Å². The van der Waals surface area contributed by atoms with Gasteiger partial charge in [0.2, 0.25) is 5.91 Å². The van der Waals surface area contributed by atoms with E-state index < -0.39 is 0 Å². The van der Waals surface area contributed by atoms with Crippen LogP contribution in [0.15, 0.2) is 29.1 Å². The molecule has 0 unspecified atom stereocenters. The largest absolute Gasteiger partial charge is 0.353 e. The number of hydrogen-bond acceptors (Lipinski definition) is 3. The molecule has 6 heteroatoms. The highest BCUT2D eigenvalue weighted by Crippen LogP contribution is 2.23. The molecule has 2 N–H and O–H groups in total. The van der Waals surface area contributed by atoms with E-state index in [1.165, 1.54) is 19.3 Å². The molecule has 0 radical (unpaired) electrons. The lowest BCUT2D eigenvalue weighted by Gasteiger charge is -2.29. The lowest BCUT2D eigenvalue weighted by molar-refractivity contribution is -0.122. The smallest absolute Gasteiger partial charge is 0.262 e. The van der Waals surface area contributed by atoms with Crippen molar-refractivity contribution < 1.29 is 4.79 Å². The minimum absolute atomic E-state index is 0.0717. The zero-order valence-electron chi connectivity index (χ0n) is 14.6. The SMILES string of the molecule is C[C@H]1CCCC[C@@H]1NC(=O)CCCn1c(=S)[nH]c2ccccc2c1=O. The van der Waals surface area contributed by atoms with Crippen LogP contribution in [0.2, 0.25) is 0 Å². The number of H-pyrrole nitrogens is 1. The van der Waals surface area contributed by atoms with Crippen molar-refractivity contribution in [2.24, 2.45) is 5.92 Å². The van der Waals surface area contributed by atoms with E-state index in [4.69, 9.17) is 12.2 Å². The predicted molar refractivity (Wildman–Crippen MR) is 102 cm³/mol. The number of carbonyl (C=O) groups excluding carboxylic acids is 1. The molecule has 0 saturated heterocycles. The molecule has 1 amide bonds. The Kier molecular flexibility index (Phi) is 5.68. The van der Waals surface area contributed by atoms with E-state index in [9.17, 15) is 9.59 Å². The van der Waals surface area contributed by atoms with Gasteiger partial charge in [0, 0.05) is 19.0 Å². The van der Waals surface area contributed by atoms with Gasteiger partial charge in [-0.2, -0.15) is 0 Å². The van der Waals surface area contributed by atoms with Crippen molar-refractivity contribution in [3.8, 4) is 0 Å². The predicted octanol–water partition coefficient (Wildman–Crippen LogP) is 3.53. The molecule has 1 aromatic heterocycles. The van der Waals surface area contributed by atoms with E-state index >= 15 is 0 Å². The number of para-hydroxylation sites is 1. The van der Waals surface area contributed by atoms with Gasteiger partial charge in [0.1, 0.15) is 0 Å². The zero-order valence-corrected chi connectivity index (χ0v) is 15.4. The van der Waals surface area contributed by atoms with Gasteiger partial charge >= 0.3 is 0 Å². The first-order chi connectivity index (χ1) is 12.1. The van der Waals surface area contributed by atoms with Crippen LogP contribution in [0.25, 0.3) is 10.9 Å². The fourth-order valence-electron chi connectivity index (χ4n) is 3.61. The van der Waals surface area contributed by atoms with E-state index in [1.54, 1.807) is 10.6 Å². The third-order valence-electron chi connectivity index (χ3n) is 5.13. The lowest BCUT2D eigenvalue weighted by Crippen LogP contribution is -2.41. The molecule has 0 bridgehead atoms. The number of rotatable bonds is 5. The van der Waals surface area contributed by atoms with Crippen molar-refractivity contribution in [2.75, 3.05) is 0 Å². The van der Waals surface area contributed by atoms with Crippen LogP contribution in [0, 0.1) is 10.7 Å². The van der Waals surface area contributed by atoms with E-state index in [-0.39, 0.29) is 11.5 Å². The highest BCUT2D eigenvalue weighted by molar-refractivity contribution is 7.71. The fraction of sp³-hybridized carbons (Fsp3) is 0.526. The van der Waals surface area contributed by atoms with E-state index in [1.807, 2.05) is 18.2 Å². The summed E-state index contributed by atoms with van der Waals surface area (Å²) in [6, 6.07) is 7.64. The molecule has 1 aliphatic carbocycles. The Balaban J connectivity index is 1.60. The second-order valence-corrected chi connectivity index (χ2v) is 7.36. The Morgan fingerprint density at radius 3 is 2.88 bits per heavy atom. The topological polar surface area (TPSA) is 66.9 Å². The van der Waals surface area contributed by atoms with Gasteiger partial charge in [-0.1, -0.05) is 31.9 Å². The van der Waals surface area contributed by atoms with Crippen molar-refractivity contribution >= 4 is 29.0 Å². The number of fused-ring (bicyclic) bond motifs is 1. The molecular weight excluding hydrogens is 334 g/mol. The first kappa shape index (κ1) is 17.9. The average Bonchev–Trinajstić information content (AvgIpc) is 2.60. The Bertz CT molecular complexity index is 871. The summed E-state index contributed by atoms with van der Waals surface area (Å²) >= 11 is 5.30. The molecule has 0 spiro atoms. The van der Waals surface area contributed by atoms with Gasteiger partial charge in [-0.15, -0.1) is 0 Å². The maximum atomic E-state index is 12.6. The summed E-state index contributed by atoms with van der Waals surface area (Å²) in [4.78, 5) is 27.8. The van der Waals surface area contributed by atoms with E-state index in [2.05, 4.69) is 17.2 Å². The Labute approximate surface area is 152 Å². The van der Waals surface area contributed by atoms with Crippen LogP contribution in [0.5, 0.6) is 0 Å². The van der Waals surface area contributed by atoms with Crippen LogP contribution in [0.4, 0.5) is 0 Å². The molecule has 1 aliphatic rings. The Hall–Kier alpha value is -1.95. The van der Waals surface area contributed by atoms with Crippen molar-refractivity contribution in [2.45, 2.75) is 58.0 Å². The number of hydrogen-bond donors (Lipinski definition) is 2. The van der Waals surface area contributed by atoms with Crippen LogP contribution in [-0.2, 0) is 11.3 Å². The van der Waals surface area contributed by atoms with Gasteiger partial charge in [0.25, 0.3) is 5.56 Å². The van der Waals surface area contributed by atoms with Crippen molar-refractivity contribution in [3.63, 3.8) is 0 Å². The molecule has 3 rings (SSSR count). The highest BCUT2D eigenvalue weighted by atomic mass is 32.1. The molecule has 25 heavy (non-hydrogen) atoms. The fourth-order valence-corrected chi connectivity index (χ4v) is 3.89. The molecule has 2 atom stereocenters. The van der Waals surface area contributed by atoms with Gasteiger partial charge in [0.15, 0.2) is 4.77 Å². The quantitative estimate of drug-likeness (QED) is 0.803. The minimum Gasteiger partial charge on any atom is -0.353 e. The summed E-state index contributed by atoms with van der Waals surface area (Å²) in [5, 5.41) is 3.78. The van der Waals surface area contributed by atoms with Crippen LogP contribution < -0.4 is 10.9 Å². The first-order valence-electron chi connectivity index (χ1n) is 9.07. The van der Waals surface area contributed by atoms with Gasteiger partial charge in [-0.3, -0.25) is 14.2 Å². The number of nitrogens with zero attached hydrogens (tertiary/aromatic N) is 1. The van der Waals surface area contributed by atoms with Crippen LogP contribution in [0.1, 0.15) is 45.4 Å². The molecule has 1 saturated carbocycles. The summed E-state index contributed by atoms with van der Waals surface area (Å²) in [7, 11) is 0. The van der Waals surface area contributed by atoms with Gasteiger partial charge < -0.3 is 10.3 Å². The molecule has 1 fully saturated rings. The van der Waals surface area contributed by atoms with Crippen LogP contribution in [-0.4, -0.2) is 21.5 Å². The molecule has 1 heterocycles. The van der Waals surface area contributed by atoms with Crippen molar-refractivity contribution in [1.82, 2.24) is 14.9 Å². The lowest BCUT2D eigenvalue weighted by atomic mass is 9.86. The number of aromatic amines is 1. The van der Waals surface area contributed by atoms with Gasteiger partial charge in [-0.05, 0) is 49.5 Å². The minimum atomic E-state index is -0.0966. The molecule has 1 aromatic carbocycles. The third kappa shape index (κ3) is 4.18. The highest BCUT2D eigenvalue weighted by Gasteiger charge is 2.22. The maximum Gasteiger partial charge on any atom is 0.262 e. The summed E-state index contributed by atoms with van der Waals surface area (Å²) in [5.41, 5.74) is 0.651. The Morgan fingerprint density at radius 2 is 2.08 bits per heavy atom. The molecular formula is C19H25N3O2S. The Morgan fingerprint density at radius 1 is 1.32 bits per heavy atom. The standard InChI is InChI=1S/C19H25N3O2S/c1-13-7-2-4-9-15(13)20-17(23)11-6-12-22-18(24)14-8-3-5-10-16(14)21-19(22)25/h3,5,8,10,13,15H,2,4,6-7,9,11-12H2,1H3,(H,20,23)(H,21,25)/t13-,15-/m0/s1. The van der Waals surface area contributed by atoms with E-state index in [0.717, 1.165) is 11.9 Å². The number of amides is 1. The maximum absolute atomic E-state index is 12.6. The zero-order chi connectivity index (χ0) is 17.8. The summed E-state index contributed by atoms with van der Waals surface area (Å²) in [6.07, 6.45) is 5.72. The number of benzene rings is 1. The number of nitrogens with one attached hydrogen (secondary N) is 2. The normalized spacial score (nSPS) is 20.5. The summed E-state index contributed by atoms with van der Waals surface area (Å²) < 4.78 is 1.96. The second kappa shape index (κ2) is 7.95. The molecule has 2 aromatic rings. The van der Waals surface area contributed by atoms with Crippen molar-refractivity contribution in [3.05, 3.63) is 39.4 Å².